The number of rotatable bonds is 4. The summed E-state index contributed by atoms with van der Waals surface area (Å²) in [6.07, 6.45) is 7.45. The summed E-state index contributed by atoms with van der Waals surface area (Å²) in [5, 5.41) is 0. The second-order valence-corrected chi connectivity index (χ2v) is 5.31. The zero-order valence-corrected chi connectivity index (χ0v) is 10.8. The first-order chi connectivity index (χ1) is 6.33. The minimum Gasteiger partial charge on any atom is -0.103 e. The van der Waals surface area contributed by atoms with Crippen LogP contribution in [0.25, 0.3) is 0 Å². The molecule has 0 saturated heterocycles. The molecule has 0 rings (SSSR count). The van der Waals surface area contributed by atoms with Crippen molar-refractivity contribution >= 4 is 0 Å². The summed E-state index contributed by atoms with van der Waals surface area (Å²) in [7, 11) is 0. The topological polar surface area (TPSA) is 0 Å². The highest BCUT2D eigenvalue weighted by molar-refractivity contribution is 4.71. The van der Waals surface area contributed by atoms with Crippen LogP contribution in [0.2, 0.25) is 0 Å². The SMILES string of the molecule is C=CCC(C)C.C=CCCC(C)(C)C. The lowest BCUT2D eigenvalue weighted by atomic mass is 9.91. The summed E-state index contributed by atoms with van der Waals surface area (Å²) >= 11 is 0. The Bertz CT molecular complexity index is 135. The number of hydrogen-bond acceptors (Lipinski definition) is 0. The lowest BCUT2D eigenvalue weighted by Crippen LogP contribution is -2.02. The average molecular weight is 196 g/mol. The van der Waals surface area contributed by atoms with Crippen molar-refractivity contribution in [2.75, 3.05) is 0 Å². The van der Waals surface area contributed by atoms with E-state index in [2.05, 4.69) is 47.8 Å². The molecule has 0 heterocycles. The Kier molecular flexibility index (Phi) is 10.3. The lowest BCUT2D eigenvalue weighted by Gasteiger charge is -2.15. The molecule has 0 atom stereocenters. The molecular formula is C14H28. The van der Waals surface area contributed by atoms with E-state index in [1.165, 1.54) is 6.42 Å². The second-order valence-electron chi connectivity index (χ2n) is 5.31. The molecule has 14 heavy (non-hydrogen) atoms. The molecule has 0 radical (unpaired) electrons. The Morgan fingerprint density at radius 1 is 1.07 bits per heavy atom. The third kappa shape index (κ3) is 22.5. The molecule has 0 heteroatoms. The van der Waals surface area contributed by atoms with Crippen LogP contribution in [-0.2, 0) is 0 Å². The van der Waals surface area contributed by atoms with Crippen molar-refractivity contribution in [2.24, 2.45) is 11.3 Å². The van der Waals surface area contributed by atoms with Gasteiger partial charge in [-0.05, 0) is 30.6 Å². The van der Waals surface area contributed by atoms with Crippen LogP contribution in [0.4, 0.5) is 0 Å². The Labute approximate surface area is 91.1 Å². The summed E-state index contributed by atoms with van der Waals surface area (Å²) < 4.78 is 0. The van der Waals surface area contributed by atoms with Crippen molar-refractivity contribution in [3.63, 3.8) is 0 Å². The molecule has 0 unspecified atom stereocenters. The van der Waals surface area contributed by atoms with Gasteiger partial charge in [-0.1, -0.05) is 46.8 Å². The van der Waals surface area contributed by atoms with E-state index >= 15 is 0 Å². The molecule has 0 aliphatic rings. The third-order valence-electron chi connectivity index (χ3n) is 1.74. The Balaban J connectivity index is 0. The van der Waals surface area contributed by atoms with E-state index in [0.717, 1.165) is 18.8 Å². The van der Waals surface area contributed by atoms with E-state index in [-0.39, 0.29) is 0 Å². The minimum atomic E-state index is 0.480. The molecular weight excluding hydrogens is 168 g/mol. The van der Waals surface area contributed by atoms with Gasteiger partial charge in [-0.3, -0.25) is 0 Å². The largest absolute Gasteiger partial charge is 0.103 e. The normalized spacial score (nSPS) is 10.4. The standard InChI is InChI=1S/C8H16.C6H12/c1-5-6-7-8(2,3)4;1-4-5-6(2)3/h5H,1,6-7H2,2-4H3;4,6H,1,5H2,2-3H3. The lowest BCUT2D eigenvalue weighted by molar-refractivity contribution is 0.381. The van der Waals surface area contributed by atoms with E-state index < -0.39 is 0 Å². The maximum absolute atomic E-state index is 3.66. The van der Waals surface area contributed by atoms with Crippen LogP contribution >= 0.6 is 0 Å². The Hall–Kier alpha value is -0.520. The van der Waals surface area contributed by atoms with Crippen LogP contribution in [0.1, 0.15) is 53.9 Å². The first-order valence-corrected chi connectivity index (χ1v) is 5.55. The predicted molar refractivity (Wildman–Crippen MR) is 68.5 cm³/mol. The smallest absolute Gasteiger partial charge is 0.0330 e. The Morgan fingerprint density at radius 3 is 1.64 bits per heavy atom. The van der Waals surface area contributed by atoms with E-state index in [1.807, 2.05) is 12.2 Å². The van der Waals surface area contributed by atoms with E-state index in [1.54, 1.807) is 0 Å². The summed E-state index contributed by atoms with van der Waals surface area (Å²) in [5.41, 5.74) is 0.480. The van der Waals surface area contributed by atoms with Gasteiger partial charge in [0.25, 0.3) is 0 Å². The van der Waals surface area contributed by atoms with Gasteiger partial charge in [-0.15, -0.1) is 13.2 Å². The fourth-order valence-corrected chi connectivity index (χ4v) is 0.868. The molecule has 0 N–H and O–H groups in total. The molecule has 0 amide bonds. The molecule has 0 aliphatic carbocycles. The molecule has 0 aromatic rings. The van der Waals surface area contributed by atoms with Crippen molar-refractivity contribution in [3.05, 3.63) is 25.3 Å². The molecule has 0 bridgehead atoms. The molecule has 0 spiro atoms. The number of hydrogen-bond donors (Lipinski definition) is 0. The van der Waals surface area contributed by atoms with Gasteiger partial charge in [0.05, 0.1) is 0 Å². The number of allylic oxidation sites excluding steroid dienone is 2. The maximum Gasteiger partial charge on any atom is -0.0330 e. The van der Waals surface area contributed by atoms with E-state index in [0.29, 0.717) is 5.41 Å². The van der Waals surface area contributed by atoms with Crippen molar-refractivity contribution < 1.29 is 0 Å². The fraction of sp³-hybridized carbons (Fsp3) is 0.714. The summed E-state index contributed by atoms with van der Waals surface area (Å²) in [6.45, 7) is 18.4. The summed E-state index contributed by atoms with van der Waals surface area (Å²) in [4.78, 5) is 0. The van der Waals surface area contributed by atoms with Crippen LogP contribution in [0, 0.1) is 11.3 Å². The molecule has 0 saturated carbocycles. The van der Waals surface area contributed by atoms with Crippen LogP contribution in [0.15, 0.2) is 25.3 Å². The fourth-order valence-electron chi connectivity index (χ4n) is 0.868. The van der Waals surface area contributed by atoms with Gasteiger partial charge in [0.1, 0.15) is 0 Å². The van der Waals surface area contributed by atoms with Crippen LogP contribution in [0.3, 0.4) is 0 Å². The zero-order chi connectivity index (χ0) is 11.6. The van der Waals surface area contributed by atoms with Gasteiger partial charge < -0.3 is 0 Å². The van der Waals surface area contributed by atoms with Crippen LogP contribution < -0.4 is 0 Å². The molecule has 84 valence electrons. The van der Waals surface area contributed by atoms with Gasteiger partial charge in [0.15, 0.2) is 0 Å². The maximum atomic E-state index is 3.66. The third-order valence-corrected chi connectivity index (χ3v) is 1.74. The Morgan fingerprint density at radius 2 is 1.57 bits per heavy atom. The van der Waals surface area contributed by atoms with Gasteiger partial charge in [0.2, 0.25) is 0 Å². The summed E-state index contributed by atoms with van der Waals surface area (Å²) in [5.74, 6) is 0.780. The molecule has 0 aromatic heterocycles. The highest BCUT2D eigenvalue weighted by Crippen LogP contribution is 2.20. The highest BCUT2D eigenvalue weighted by Gasteiger charge is 2.06. The van der Waals surface area contributed by atoms with Gasteiger partial charge in [-0.2, -0.15) is 0 Å². The van der Waals surface area contributed by atoms with Gasteiger partial charge in [0, 0.05) is 0 Å². The van der Waals surface area contributed by atoms with E-state index in [9.17, 15) is 0 Å². The van der Waals surface area contributed by atoms with Crippen molar-refractivity contribution in [1.29, 1.82) is 0 Å². The van der Waals surface area contributed by atoms with Crippen molar-refractivity contribution in [1.82, 2.24) is 0 Å². The van der Waals surface area contributed by atoms with Gasteiger partial charge >= 0.3 is 0 Å². The van der Waals surface area contributed by atoms with Crippen molar-refractivity contribution in [2.45, 2.75) is 53.9 Å². The predicted octanol–water partition coefficient (Wildman–Crippen LogP) is 5.22. The van der Waals surface area contributed by atoms with Crippen LogP contribution in [-0.4, -0.2) is 0 Å². The average Bonchev–Trinajstić information content (AvgIpc) is 2.00. The highest BCUT2D eigenvalue weighted by atomic mass is 14.1. The van der Waals surface area contributed by atoms with Crippen LogP contribution in [0.5, 0.6) is 0 Å². The monoisotopic (exact) mass is 196 g/mol. The minimum absolute atomic E-state index is 0.480. The first-order valence-electron chi connectivity index (χ1n) is 5.55. The second kappa shape index (κ2) is 9.05. The molecule has 0 aromatic carbocycles. The summed E-state index contributed by atoms with van der Waals surface area (Å²) in [6, 6.07) is 0. The quantitative estimate of drug-likeness (QED) is 0.541. The van der Waals surface area contributed by atoms with Crippen molar-refractivity contribution in [3.8, 4) is 0 Å². The first kappa shape index (κ1) is 15.9. The van der Waals surface area contributed by atoms with Gasteiger partial charge in [-0.25, -0.2) is 0 Å². The molecule has 0 aliphatic heterocycles. The zero-order valence-electron chi connectivity index (χ0n) is 10.8. The van der Waals surface area contributed by atoms with E-state index in [4.69, 9.17) is 0 Å². The molecule has 0 nitrogen and oxygen atoms in total. The molecule has 0 fully saturated rings.